The molecule has 1 aliphatic carbocycles. The molecule has 1 saturated carbocycles. The second-order valence-electron chi connectivity index (χ2n) is 8.00. The highest BCUT2D eigenvalue weighted by atomic mass is 35.5. The van der Waals surface area contributed by atoms with Crippen molar-refractivity contribution in [1.29, 1.82) is 0 Å². The molecule has 140 valence electrons. The fraction of sp³-hybridized carbons (Fsp3) is 0.667. The Hall–Kier alpha value is -1.06. The maximum atomic E-state index is 12.8. The third-order valence-corrected chi connectivity index (χ3v) is 5.96. The molecule has 2 aliphatic rings. The lowest BCUT2D eigenvalue weighted by molar-refractivity contribution is -0.147. The lowest BCUT2D eigenvalue weighted by Crippen LogP contribution is -2.40. The van der Waals surface area contributed by atoms with Gasteiger partial charge in [-0.05, 0) is 57.6 Å². The molecule has 1 aromatic carbocycles. The van der Waals surface area contributed by atoms with E-state index in [9.17, 15) is 4.79 Å². The van der Waals surface area contributed by atoms with Crippen LogP contribution in [0.4, 0.5) is 0 Å². The normalized spacial score (nSPS) is 21.7. The molecule has 1 heterocycles. The van der Waals surface area contributed by atoms with E-state index in [2.05, 4.69) is 30.9 Å². The van der Waals surface area contributed by atoms with Crippen LogP contribution >= 0.6 is 12.4 Å². The largest absolute Gasteiger partial charge is 0.464 e. The Morgan fingerprint density at radius 1 is 1.20 bits per heavy atom. The summed E-state index contributed by atoms with van der Waals surface area (Å²) in [5.41, 5.74) is 1.37. The van der Waals surface area contributed by atoms with Crippen LogP contribution in [0, 0.1) is 5.92 Å². The summed E-state index contributed by atoms with van der Waals surface area (Å²) < 4.78 is 5.75. The number of esters is 1. The average Bonchev–Trinajstić information content (AvgIpc) is 3.19. The number of ether oxygens (including phenoxy) is 1. The average molecular weight is 366 g/mol. The minimum Gasteiger partial charge on any atom is -0.464 e. The number of likely N-dealkylation sites (tertiary alicyclic amines) is 1. The van der Waals surface area contributed by atoms with E-state index >= 15 is 0 Å². The van der Waals surface area contributed by atoms with E-state index in [0.29, 0.717) is 12.5 Å². The summed E-state index contributed by atoms with van der Waals surface area (Å²) in [4.78, 5) is 15.3. The zero-order chi connectivity index (χ0) is 17.0. The van der Waals surface area contributed by atoms with Gasteiger partial charge in [0.05, 0.1) is 5.92 Å². The van der Waals surface area contributed by atoms with Crippen molar-refractivity contribution in [2.24, 2.45) is 5.92 Å². The molecule has 0 amide bonds. The van der Waals surface area contributed by atoms with Gasteiger partial charge < -0.3 is 4.74 Å². The summed E-state index contributed by atoms with van der Waals surface area (Å²) in [6.07, 6.45) is 7.25. The van der Waals surface area contributed by atoms with Crippen LogP contribution in [0.25, 0.3) is 0 Å². The van der Waals surface area contributed by atoms with Gasteiger partial charge in [-0.25, -0.2) is 0 Å². The Morgan fingerprint density at radius 2 is 1.88 bits per heavy atom. The van der Waals surface area contributed by atoms with Crippen molar-refractivity contribution >= 4 is 18.4 Å². The van der Waals surface area contributed by atoms with Gasteiger partial charge in [0.25, 0.3) is 0 Å². The lowest BCUT2D eigenvalue weighted by atomic mass is 9.85. The van der Waals surface area contributed by atoms with Crippen LogP contribution in [0.15, 0.2) is 30.3 Å². The molecule has 1 aliphatic heterocycles. The van der Waals surface area contributed by atoms with E-state index in [0.717, 1.165) is 31.5 Å². The number of nitrogens with zero attached hydrogens (tertiary/aromatic N) is 1. The van der Waals surface area contributed by atoms with Crippen molar-refractivity contribution in [1.82, 2.24) is 4.90 Å². The minimum absolute atomic E-state index is 0. The number of carbonyl (C=O) groups is 1. The Balaban J connectivity index is 0.00000225. The SMILES string of the molecule is CC1(C)CCCN1CCOC(=O)C(c1ccccc1)C1CCCC1.Cl. The zero-order valence-electron chi connectivity index (χ0n) is 15.6. The predicted molar refractivity (Wildman–Crippen MR) is 104 cm³/mol. The van der Waals surface area contributed by atoms with Crippen LogP contribution in [0.2, 0.25) is 0 Å². The van der Waals surface area contributed by atoms with E-state index in [4.69, 9.17) is 4.74 Å². The standard InChI is InChI=1S/C21H31NO2.ClH/c1-21(2)13-8-14-22(21)15-16-24-20(23)19(18-11-6-7-12-18)17-9-4-3-5-10-17;/h3-5,9-10,18-19H,6-8,11-16H2,1-2H3;1H. The molecule has 0 N–H and O–H groups in total. The smallest absolute Gasteiger partial charge is 0.313 e. The second kappa shape index (κ2) is 9.05. The third kappa shape index (κ3) is 4.98. The molecule has 25 heavy (non-hydrogen) atoms. The summed E-state index contributed by atoms with van der Waals surface area (Å²) in [6.45, 7) is 7.05. The van der Waals surface area contributed by atoms with Crippen molar-refractivity contribution in [3.05, 3.63) is 35.9 Å². The van der Waals surface area contributed by atoms with E-state index < -0.39 is 0 Å². The first-order valence-corrected chi connectivity index (χ1v) is 9.54. The number of hydrogen-bond donors (Lipinski definition) is 0. The lowest BCUT2D eigenvalue weighted by Gasteiger charge is -2.31. The molecule has 3 rings (SSSR count). The molecule has 1 aromatic rings. The van der Waals surface area contributed by atoms with Gasteiger partial charge in [0.2, 0.25) is 0 Å². The fourth-order valence-corrected chi connectivity index (χ4v) is 4.48. The topological polar surface area (TPSA) is 29.5 Å². The van der Waals surface area contributed by atoms with Gasteiger partial charge in [-0.3, -0.25) is 9.69 Å². The van der Waals surface area contributed by atoms with Crippen LogP contribution in [-0.4, -0.2) is 36.1 Å². The molecular weight excluding hydrogens is 334 g/mol. The molecule has 2 fully saturated rings. The first-order chi connectivity index (χ1) is 11.6. The van der Waals surface area contributed by atoms with Crippen LogP contribution in [0.3, 0.4) is 0 Å². The molecule has 0 spiro atoms. The maximum Gasteiger partial charge on any atom is 0.313 e. The van der Waals surface area contributed by atoms with Crippen molar-refractivity contribution < 1.29 is 9.53 Å². The van der Waals surface area contributed by atoms with Crippen LogP contribution in [-0.2, 0) is 9.53 Å². The summed E-state index contributed by atoms with van der Waals surface area (Å²) in [5, 5.41) is 0. The first-order valence-electron chi connectivity index (χ1n) is 9.54. The Morgan fingerprint density at radius 3 is 2.48 bits per heavy atom. The highest BCUT2D eigenvalue weighted by Crippen LogP contribution is 2.38. The Bertz CT molecular complexity index is 540. The first kappa shape index (κ1) is 20.3. The number of benzene rings is 1. The number of carbonyl (C=O) groups excluding carboxylic acids is 1. The molecule has 1 unspecified atom stereocenters. The quantitative estimate of drug-likeness (QED) is 0.678. The van der Waals surface area contributed by atoms with Gasteiger partial charge in [-0.15, -0.1) is 12.4 Å². The highest BCUT2D eigenvalue weighted by Gasteiger charge is 2.34. The van der Waals surface area contributed by atoms with Crippen molar-refractivity contribution in [3.63, 3.8) is 0 Å². The number of hydrogen-bond acceptors (Lipinski definition) is 3. The van der Waals surface area contributed by atoms with Gasteiger partial charge in [0.1, 0.15) is 6.61 Å². The zero-order valence-corrected chi connectivity index (χ0v) is 16.4. The number of rotatable bonds is 6. The van der Waals surface area contributed by atoms with Crippen LogP contribution in [0.5, 0.6) is 0 Å². The third-order valence-electron chi connectivity index (χ3n) is 5.96. The molecule has 3 nitrogen and oxygen atoms in total. The van der Waals surface area contributed by atoms with Crippen LogP contribution < -0.4 is 0 Å². The molecular formula is C21H32ClNO2. The Labute approximate surface area is 158 Å². The molecule has 0 aromatic heterocycles. The van der Waals surface area contributed by atoms with Crippen molar-refractivity contribution in [3.8, 4) is 0 Å². The summed E-state index contributed by atoms with van der Waals surface area (Å²) in [7, 11) is 0. The monoisotopic (exact) mass is 365 g/mol. The van der Waals surface area contributed by atoms with Gasteiger partial charge in [-0.1, -0.05) is 43.2 Å². The van der Waals surface area contributed by atoms with Gasteiger partial charge in [0.15, 0.2) is 0 Å². The van der Waals surface area contributed by atoms with E-state index in [-0.39, 0.29) is 29.8 Å². The maximum absolute atomic E-state index is 12.8. The molecule has 0 radical (unpaired) electrons. The van der Waals surface area contributed by atoms with E-state index in [1.165, 1.54) is 25.7 Å². The van der Waals surface area contributed by atoms with E-state index in [1.54, 1.807) is 0 Å². The number of halogens is 1. The van der Waals surface area contributed by atoms with E-state index in [1.807, 2.05) is 18.2 Å². The second-order valence-corrected chi connectivity index (χ2v) is 8.00. The summed E-state index contributed by atoms with van der Waals surface area (Å²) in [5.74, 6) is 0.341. The Kier molecular flexibility index (Phi) is 7.33. The summed E-state index contributed by atoms with van der Waals surface area (Å²) in [6, 6.07) is 10.2. The van der Waals surface area contributed by atoms with Crippen LogP contribution in [0.1, 0.15) is 63.9 Å². The fourth-order valence-electron chi connectivity index (χ4n) is 4.48. The molecule has 0 bridgehead atoms. The minimum atomic E-state index is -0.0831. The highest BCUT2D eigenvalue weighted by molar-refractivity contribution is 5.85. The molecule has 4 heteroatoms. The summed E-state index contributed by atoms with van der Waals surface area (Å²) >= 11 is 0. The predicted octanol–water partition coefficient (Wildman–Crippen LogP) is 4.80. The molecule has 1 atom stereocenters. The van der Waals surface area contributed by atoms with Crippen molar-refractivity contribution in [2.45, 2.75) is 63.8 Å². The van der Waals surface area contributed by atoms with Gasteiger partial charge >= 0.3 is 5.97 Å². The molecule has 1 saturated heterocycles. The van der Waals surface area contributed by atoms with Gasteiger partial charge in [0, 0.05) is 12.1 Å². The van der Waals surface area contributed by atoms with Crippen molar-refractivity contribution in [2.75, 3.05) is 19.7 Å². The van der Waals surface area contributed by atoms with Gasteiger partial charge in [-0.2, -0.15) is 0 Å².